The minimum Gasteiger partial charge on any atom is -0.468 e. The molecule has 6 heteroatoms. The van der Waals surface area contributed by atoms with E-state index in [0.29, 0.717) is 18.6 Å². The Labute approximate surface area is 137 Å². The number of furan rings is 1. The lowest BCUT2D eigenvalue weighted by atomic mass is 10.1. The van der Waals surface area contributed by atoms with Gasteiger partial charge in [-0.1, -0.05) is 0 Å². The summed E-state index contributed by atoms with van der Waals surface area (Å²) in [6.07, 6.45) is 4.06. The molecule has 0 bridgehead atoms. The van der Waals surface area contributed by atoms with Gasteiger partial charge in [-0.05, 0) is 30.9 Å². The van der Waals surface area contributed by atoms with E-state index >= 15 is 0 Å². The number of carbonyl (C=O) groups excluding carboxylic acids is 1. The highest BCUT2D eigenvalue weighted by Gasteiger charge is 2.41. The van der Waals surface area contributed by atoms with Gasteiger partial charge in [0.05, 0.1) is 32.1 Å². The number of nitrogens with zero attached hydrogens (tertiary/aromatic N) is 2. The minimum absolute atomic E-state index is 0.0103. The second kappa shape index (κ2) is 7.47. The standard InChI is InChI=1S/C17H26N2O4/c1-18(2)17(20)12-21-11-13-8-15-16(9-13)23-7-5-19(15)10-14-4-3-6-22-14/h3-4,6,13,15-16H,5,7-12H2,1-2H3. The van der Waals surface area contributed by atoms with E-state index in [-0.39, 0.29) is 18.6 Å². The molecule has 1 aromatic rings. The van der Waals surface area contributed by atoms with Crippen LogP contribution in [-0.4, -0.2) is 68.3 Å². The molecule has 3 unspecified atom stereocenters. The molecule has 1 aromatic heterocycles. The Morgan fingerprint density at radius 1 is 1.43 bits per heavy atom. The van der Waals surface area contributed by atoms with Crippen LogP contribution in [0.1, 0.15) is 18.6 Å². The zero-order valence-corrected chi connectivity index (χ0v) is 13.9. The topological polar surface area (TPSA) is 55.2 Å². The Hall–Kier alpha value is -1.37. The molecule has 23 heavy (non-hydrogen) atoms. The van der Waals surface area contributed by atoms with Crippen LogP contribution in [-0.2, 0) is 20.8 Å². The van der Waals surface area contributed by atoms with Gasteiger partial charge in [0.25, 0.3) is 0 Å². The van der Waals surface area contributed by atoms with Crippen LogP contribution in [0, 0.1) is 5.92 Å². The Morgan fingerprint density at radius 3 is 3.04 bits per heavy atom. The molecule has 1 amide bonds. The molecular weight excluding hydrogens is 296 g/mol. The van der Waals surface area contributed by atoms with E-state index in [0.717, 1.165) is 38.3 Å². The summed E-state index contributed by atoms with van der Waals surface area (Å²) in [5, 5.41) is 0. The van der Waals surface area contributed by atoms with Crippen LogP contribution in [0.2, 0.25) is 0 Å². The highest BCUT2D eigenvalue weighted by Crippen LogP contribution is 2.35. The van der Waals surface area contributed by atoms with Crippen molar-refractivity contribution in [3.8, 4) is 0 Å². The Bertz CT molecular complexity index is 503. The van der Waals surface area contributed by atoms with E-state index < -0.39 is 0 Å². The van der Waals surface area contributed by atoms with Crippen molar-refractivity contribution >= 4 is 5.91 Å². The van der Waals surface area contributed by atoms with E-state index in [9.17, 15) is 4.79 Å². The van der Waals surface area contributed by atoms with E-state index in [1.54, 1.807) is 25.3 Å². The van der Waals surface area contributed by atoms with Crippen LogP contribution in [0.25, 0.3) is 0 Å². The molecule has 2 heterocycles. The zero-order chi connectivity index (χ0) is 16.2. The summed E-state index contributed by atoms with van der Waals surface area (Å²) in [6, 6.07) is 4.37. The number of ether oxygens (including phenoxy) is 2. The summed E-state index contributed by atoms with van der Waals surface area (Å²) in [5.74, 6) is 1.47. The molecule has 6 nitrogen and oxygen atoms in total. The number of morpholine rings is 1. The quantitative estimate of drug-likeness (QED) is 0.792. The third-order valence-electron chi connectivity index (χ3n) is 4.77. The van der Waals surface area contributed by atoms with Crippen LogP contribution in [0.4, 0.5) is 0 Å². The van der Waals surface area contributed by atoms with Crippen LogP contribution in [0.5, 0.6) is 0 Å². The average Bonchev–Trinajstić information content (AvgIpc) is 3.16. The van der Waals surface area contributed by atoms with Crippen molar-refractivity contribution in [1.29, 1.82) is 0 Å². The SMILES string of the molecule is CN(C)C(=O)COCC1CC2OCCN(Cc3ccco3)C2C1. The fourth-order valence-electron chi connectivity index (χ4n) is 3.50. The van der Waals surface area contributed by atoms with Crippen molar-refractivity contribution in [2.45, 2.75) is 31.5 Å². The molecule has 0 N–H and O–H groups in total. The maximum atomic E-state index is 11.6. The summed E-state index contributed by atoms with van der Waals surface area (Å²) >= 11 is 0. The summed E-state index contributed by atoms with van der Waals surface area (Å²) in [6.45, 7) is 3.34. The first-order chi connectivity index (χ1) is 11.1. The first-order valence-corrected chi connectivity index (χ1v) is 8.29. The van der Waals surface area contributed by atoms with E-state index in [1.807, 2.05) is 12.1 Å². The fourth-order valence-corrected chi connectivity index (χ4v) is 3.50. The Morgan fingerprint density at radius 2 is 2.30 bits per heavy atom. The molecule has 0 radical (unpaired) electrons. The van der Waals surface area contributed by atoms with Crippen molar-refractivity contribution in [3.63, 3.8) is 0 Å². The van der Waals surface area contributed by atoms with E-state index in [4.69, 9.17) is 13.9 Å². The fraction of sp³-hybridized carbons (Fsp3) is 0.706. The van der Waals surface area contributed by atoms with Crippen molar-refractivity contribution in [2.75, 3.05) is 40.5 Å². The Balaban J connectivity index is 1.49. The molecule has 2 fully saturated rings. The predicted molar refractivity (Wildman–Crippen MR) is 84.9 cm³/mol. The van der Waals surface area contributed by atoms with Crippen molar-refractivity contribution in [3.05, 3.63) is 24.2 Å². The largest absolute Gasteiger partial charge is 0.468 e. The van der Waals surface area contributed by atoms with Crippen LogP contribution < -0.4 is 0 Å². The number of rotatable bonds is 6. The number of likely N-dealkylation sites (N-methyl/N-ethyl adjacent to an activating group) is 1. The molecule has 0 spiro atoms. The lowest BCUT2D eigenvalue weighted by Crippen LogP contribution is -2.47. The molecule has 3 rings (SSSR count). The Kier molecular flexibility index (Phi) is 5.35. The molecule has 1 aliphatic heterocycles. The van der Waals surface area contributed by atoms with Gasteiger partial charge in [0.1, 0.15) is 12.4 Å². The molecule has 0 aromatic carbocycles. The van der Waals surface area contributed by atoms with Crippen LogP contribution >= 0.6 is 0 Å². The van der Waals surface area contributed by atoms with Gasteiger partial charge in [0, 0.05) is 26.7 Å². The summed E-state index contributed by atoms with van der Waals surface area (Å²) in [4.78, 5) is 15.6. The number of carbonyl (C=O) groups is 1. The first-order valence-electron chi connectivity index (χ1n) is 8.29. The van der Waals surface area contributed by atoms with Gasteiger partial charge in [-0.15, -0.1) is 0 Å². The van der Waals surface area contributed by atoms with Gasteiger partial charge in [-0.2, -0.15) is 0 Å². The first kappa shape index (κ1) is 16.5. The predicted octanol–water partition coefficient (Wildman–Crippen LogP) is 1.36. The molecule has 128 valence electrons. The monoisotopic (exact) mass is 322 g/mol. The number of fused-ring (bicyclic) bond motifs is 1. The molecular formula is C17H26N2O4. The average molecular weight is 322 g/mol. The van der Waals surface area contributed by atoms with Gasteiger partial charge in [-0.25, -0.2) is 0 Å². The maximum Gasteiger partial charge on any atom is 0.248 e. The normalized spacial score (nSPS) is 27.8. The minimum atomic E-state index is 0.0103. The van der Waals surface area contributed by atoms with E-state index in [2.05, 4.69) is 4.90 Å². The van der Waals surface area contributed by atoms with Crippen molar-refractivity contribution in [1.82, 2.24) is 9.80 Å². The third-order valence-corrected chi connectivity index (χ3v) is 4.77. The molecule has 1 saturated carbocycles. The lowest BCUT2D eigenvalue weighted by molar-refractivity contribution is -0.134. The van der Waals surface area contributed by atoms with Crippen LogP contribution in [0.3, 0.4) is 0 Å². The third kappa shape index (κ3) is 4.13. The summed E-state index contributed by atoms with van der Waals surface area (Å²) in [5.41, 5.74) is 0. The highest BCUT2D eigenvalue weighted by atomic mass is 16.5. The van der Waals surface area contributed by atoms with Crippen LogP contribution in [0.15, 0.2) is 22.8 Å². The van der Waals surface area contributed by atoms with Gasteiger partial charge in [-0.3, -0.25) is 9.69 Å². The second-order valence-corrected chi connectivity index (χ2v) is 6.67. The molecule has 3 atom stereocenters. The number of hydrogen-bond donors (Lipinski definition) is 0. The summed E-state index contributed by atoms with van der Waals surface area (Å²) < 4.78 is 17.0. The smallest absolute Gasteiger partial charge is 0.248 e. The van der Waals surface area contributed by atoms with Gasteiger partial charge in [0.15, 0.2) is 0 Å². The van der Waals surface area contributed by atoms with Crippen molar-refractivity contribution < 1.29 is 18.7 Å². The lowest BCUT2D eigenvalue weighted by Gasteiger charge is -2.37. The van der Waals surface area contributed by atoms with Gasteiger partial charge < -0.3 is 18.8 Å². The zero-order valence-electron chi connectivity index (χ0n) is 13.9. The molecule has 1 saturated heterocycles. The maximum absolute atomic E-state index is 11.6. The van der Waals surface area contributed by atoms with Crippen molar-refractivity contribution in [2.24, 2.45) is 5.92 Å². The second-order valence-electron chi connectivity index (χ2n) is 6.67. The number of amides is 1. The van der Waals surface area contributed by atoms with Gasteiger partial charge in [0.2, 0.25) is 5.91 Å². The molecule has 1 aliphatic carbocycles. The highest BCUT2D eigenvalue weighted by molar-refractivity contribution is 5.76. The van der Waals surface area contributed by atoms with Gasteiger partial charge >= 0.3 is 0 Å². The summed E-state index contributed by atoms with van der Waals surface area (Å²) in [7, 11) is 3.49. The molecule has 2 aliphatic rings. The number of hydrogen-bond acceptors (Lipinski definition) is 5. The van der Waals surface area contributed by atoms with E-state index in [1.165, 1.54) is 0 Å².